The number of pyridine rings is 1. The number of rotatable bonds is 4. The molecule has 2 N–H and O–H groups in total. The van der Waals surface area contributed by atoms with Crippen LogP contribution in [-0.4, -0.2) is 16.4 Å². The molecule has 0 spiro atoms. The summed E-state index contributed by atoms with van der Waals surface area (Å²) in [6.45, 7) is 2.32. The molecule has 0 unspecified atom stereocenters. The van der Waals surface area contributed by atoms with E-state index in [1.165, 1.54) is 22.9 Å². The second-order valence-electron chi connectivity index (χ2n) is 6.75. The van der Waals surface area contributed by atoms with Gasteiger partial charge in [0.2, 0.25) is 0 Å². The minimum Gasteiger partial charge on any atom is -0.338 e. The summed E-state index contributed by atoms with van der Waals surface area (Å²) in [5.41, 5.74) is 0.752. The predicted octanol–water partition coefficient (Wildman–Crippen LogP) is 3.15. The Balaban J connectivity index is 1.75. The molecule has 0 atom stereocenters. The number of aryl methyl sites for hydroxylation is 1. The van der Waals surface area contributed by atoms with E-state index in [2.05, 4.69) is 26.6 Å². The monoisotopic (exact) mass is 431 g/mol. The van der Waals surface area contributed by atoms with Crippen molar-refractivity contribution in [2.75, 3.05) is 5.32 Å². The summed E-state index contributed by atoms with van der Waals surface area (Å²) < 4.78 is 2.43. The summed E-state index contributed by atoms with van der Waals surface area (Å²) in [5.74, 6) is -1.41. The van der Waals surface area contributed by atoms with Gasteiger partial charge in [-0.3, -0.25) is 14.4 Å². The Kier molecular flexibility index (Phi) is 5.79. The largest absolute Gasteiger partial charge is 0.338 e. The number of nitrogens with one attached hydrogen (secondary N) is 2. The van der Waals surface area contributed by atoms with Gasteiger partial charge in [0, 0.05) is 23.3 Å². The van der Waals surface area contributed by atoms with E-state index in [0.717, 1.165) is 35.7 Å². The Morgan fingerprint density at radius 2 is 1.74 bits per heavy atom. The lowest BCUT2D eigenvalue weighted by atomic mass is 9.88. The number of aromatic nitrogens is 1. The lowest BCUT2D eigenvalue weighted by molar-refractivity contribution is -0.137. The molecule has 3 rings (SSSR count). The minimum absolute atomic E-state index is 0.153. The summed E-state index contributed by atoms with van der Waals surface area (Å²) in [4.78, 5) is 36.6. The number of anilines is 1. The molecule has 27 heavy (non-hydrogen) atoms. The van der Waals surface area contributed by atoms with Crippen LogP contribution >= 0.6 is 15.9 Å². The Bertz CT molecular complexity index is 899. The first-order chi connectivity index (χ1) is 12.9. The van der Waals surface area contributed by atoms with Gasteiger partial charge in [-0.1, -0.05) is 40.9 Å². The molecular weight excluding hydrogens is 410 g/mol. The highest BCUT2D eigenvalue weighted by Crippen LogP contribution is 2.39. The molecule has 2 aromatic rings. The first kappa shape index (κ1) is 19.4. The van der Waals surface area contributed by atoms with Gasteiger partial charge in [0.1, 0.15) is 0 Å². The van der Waals surface area contributed by atoms with Crippen molar-refractivity contribution in [2.24, 2.45) is 0 Å². The van der Waals surface area contributed by atoms with Gasteiger partial charge >= 0.3 is 11.8 Å². The fraction of sp³-hybridized carbons (Fsp3) is 0.350. The fourth-order valence-corrected chi connectivity index (χ4v) is 3.81. The highest BCUT2D eigenvalue weighted by Gasteiger charge is 2.38. The molecule has 6 nitrogen and oxygen atoms in total. The molecule has 1 saturated carbocycles. The molecule has 0 radical (unpaired) electrons. The molecule has 2 amide bonds. The summed E-state index contributed by atoms with van der Waals surface area (Å²) in [5, 5.41) is 5.53. The number of carbonyl (C=O) groups excluding carboxylic acids is 2. The maximum Gasteiger partial charge on any atom is 0.313 e. The van der Waals surface area contributed by atoms with Crippen molar-refractivity contribution in [3.8, 4) is 0 Å². The summed E-state index contributed by atoms with van der Waals surface area (Å²) in [6.07, 6.45) is 5.13. The standard InChI is InChI=1S/C20H22BrN3O3/c1-2-24-13-16(9-10-17(24)25)22-18(26)19(27)23-20(11-3-4-12-20)14-5-7-15(21)8-6-14/h5-10,13H,2-4,11-12H2,1H3,(H,22,26)(H,23,27). The summed E-state index contributed by atoms with van der Waals surface area (Å²) in [7, 11) is 0. The minimum atomic E-state index is -0.736. The van der Waals surface area contributed by atoms with Crippen LogP contribution in [0, 0.1) is 0 Å². The number of benzene rings is 1. The number of halogens is 1. The van der Waals surface area contributed by atoms with Gasteiger partial charge < -0.3 is 15.2 Å². The van der Waals surface area contributed by atoms with Crippen LogP contribution in [-0.2, 0) is 21.7 Å². The Hall–Kier alpha value is -2.41. The second kappa shape index (κ2) is 8.08. The van der Waals surface area contributed by atoms with Gasteiger partial charge in [0.25, 0.3) is 5.56 Å². The molecular formula is C20H22BrN3O3. The third kappa shape index (κ3) is 4.30. The number of hydrogen-bond donors (Lipinski definition) is 2. The van der Waals surface area contributed by atoms with Crippen LogP contribution in [0.4, 0.5) is 5.69 Å². The van der Waals surface area contributed by atoms with E-state index in [9.17, 15) is 14.4 Å². The first-order valence-corrected chi connectivity index (χ1v) is 9.83. The Morgan fingerprint density at radius 3 is 2.37 bits per heavy atom. The molecule has 1 heterocycles. The maximum atomic E-state index is 12.6. The van der Waals surface area contributed by atoms with Crippen LogP contribution in [0.3, 0.4) is 0 Å². The molecule has 0 aliphatic heterocycles. The van der Waals surface area contributed by atoms with Crippen LogP contribution in [0.25, 0.3) is 0 Å². The van der Waals surface area contributed by atoms with E-state index < -0.39 is 17.4 Å². The molecule has 1 fully saturated rings. The molecule has 1 aromatic carbocycles. The third-order valence-electron chi connectivity index (χ3n) is 4.99. The number of amides is 2. The summed E-state index contributed by atoms with van der Waals surface area (Å²) in [6, 6.07) is 10.7. The SMILES string of the molecule is CCn1cc(NC(=O)C(=O)NC2(c3ccc(Br)cc3)CCCC2)ccc1=O. The van der Waals surface area contributed by atoms with Crippen LogP contribution in [0.1, 0.15) is 38.2 Å². The van der Waals surface area contributed by atoms with E-state index in [1.807, 2.05) is 31.2 Å². The Morgan fingerprint density at radius 1 is 1.07 bits per heavy atom. The zero-order chi connectivity index (χ0) is 19.4. The van der Waals surface area contributed by atoms with E-state index in [1.54, 1.807) is 0 Å². The number of hydrogen-bond acceptors (Lipinski definition) is 3. The number of nitrogens with zero attached hydrogens (tertiary/aromatic N) is 1. The fourth-order valence-electron chi connectivity index (χ4n) is 3.55. The van der Waals surface area contributed by atoms with Crippen LogP contribution in [0.2, 0.25) is 0 Å². The normalized spacial score (nSPS) is 15.3. The zero-order valence-electron chi connectivity index (χ0n) is 15.1. The quantitative estimate of drug-likeness (QED) is 0.729. The zero-order valence-corrected chi connectivity index (χ0v) is 16.7. The van der Waals surface area contributed by atoms with Crippen LogP contribution in [0.5, 0.6) is 0 Å². The Labute approximate surface area is 166 Å². The van der Waals surface area contributed by atoms with Crippen molar-refractivity contribution in [3.63, 3.8) is 0 Å². The van der Waals surface area contributed by atoms with Crippen molar-refractivity contribution in [2.45, 2.75) is 44.7 Å². The predicted molar refractivity (Wildman–Crippen MR) is 107 cm³/mol. The smallest absolute Gasteiger partial charge is 0.313 e. The van der Waals surface area contributed by atoms with Crippen molar-refractivity contribution in [1.29, 1.82) is 0 Å². The van der Waals surface area contributed by atoms with Gasteiger partial charge in [-0.25, -0.2) is 0 Å². The van der Waals surface area contributed by atoms with Gasteiger partial charge in [-0.2, -0.15) is 0 Å². The van der Waals surface area contributed by atoms with Crippen LogP contribution in [0.15, 0.2) is 51.9 Å². The molecule has 1 aliphatic rings. The van der Waals surface area contributed by atoms with E-state index >= 15 is 0 Å². The first-order valence-electron chi connectivity index (χ1n) is 9.03. The van der Waals surface area contributed by atoms with Gasteiger partial charge in [-0.05, 0) is 43.5 Å². The molecule has 1 aliphatic carbocycles. The van der Waals surface area contributed by atoms with E-state index in [0.29, 0.717) is 12.2 Å². The lowest BCUT2D eigenvalue weighted by Gasteiger charge is -2.30. The highest BCUT2D eigenvalue weighted by molar-refractivity contribution is 9.10. The van der Waals surface area contributed by atoms with Crippen molar-refractivity contribution >= 4 is 33.4 Å². The second-order valence-corrected chi connectivity index (χ2v) is 7.66. The van der Waals surface area contributed by atoms with E-state index in [-0.39, 0.29) is 5.56 Å². The molecule has 142 valence electrons. The molecule has 0 bridgehead atoms. The van der Waals surface area contributed by atoms with Crippen LogP contribution < -0.4 is 16.2 Å². The average Bonchev–Trinajstić information content (AvgIpc) is 3.13. The molecule has 7 heteroatoms. The average molecular weight is 432 g/mol. The molecule has 0 saturated heterocycles. The van der Waals surface area contributed by atoms with Crippen molar-refractivity contribution in [1.82, 2.24) is 9.88 Å². The highest BCUT2D eigenvalue weighted by atomic mass is 79.9. The van der Waals surface area contributed by atoms with Gasteiger partial charge in [0.15, 0.2) is 0 Å². The van der Waals surface area contributed by atoms with Crippen molar-refractivity contribution in [3.05, 3.63) is 63.0 Å². The topological polar surface area (TPSA) is 80.2 Å². The number of carbonyl (C=O) groups is 2. The van der Waals surface area contributed by atoms with Gasteiger partial charge in [-0.15, -0.1) is 0 Å². The molecule has 1 aromatic heterocycles. The lowest BCUT2D eigenvalue weighted by Crippen LogP contribution is -2.48. The van der Waals surface area contributed by atoms with Gasteiger partial charge in [0.05, 0.1) is 11.2 Å². The third-order valence-corrected chi connectivity index (χ3v) is 5.52. The summed E-state index contributed by atoms with van der Waals surface area (Å²) >= 11 is 3.42. The van der Waals surface area contributed by atoms with E-state index in [4.69, 9.17) is 0 Å². The van der Waals surface area contributed by atoms with Crippen molar-refractivity contribution < 1.29 is 9.59 Å². The maximum absolute atomic E-state index is 12.6.